The molecular formula is C12H12BrFN2O3. The fourth-order valence-corrected chi connectivity index (χ4v) is 1.51. The van der Waals surface area contributed by atoms with E-state index in [2.05, 4.69) is 30.9 Å². The summed E-state index contributed by atoms with van der Waals surface area (Å²) in [5, 5.41) is 16.7. The Kier molecular flexibility index (Phi) is 5.62. The van der Waals surface area contributed by atoms with Crippen molar-refractivity contribution in [2.75, 3.05) is 7.11 Å². The first-order chi connectivity index (χ1) is 9.01. The molecule has 0 bridgehead atoms. The van der Waals surface area contributed by atoms with Crippen LogP contribution in [0.15, 0.2) is 44.4 Å². The topological polar surface area (TPSA) is 71.2 Å². The minimum absolute atomic E-state index is 0.0559. The molecule has 19 heavy (non-hydrogen) atoms. The second kappa shape index (κ2) is 6.98. The van der Waals surface area contributed by atoms with Gasteiger partial charge in [0.2, 0.25) is 5.70 Å². The van der Waals surface area contributed by atoms with Crippen LogP contribution in [0.25, 0.3) is 0 Å². The Bertz CT molecular complexity index is 544. The fraction of sp³-hybridized carbons (Fsp3) is 0.250. The van der Waals surface area contributed by atoms with Gasteiger partial charge in [-0.15, -0.1) is 10.2 Å². The molecule has 0 aromatic heterocycles. The van der Waals surface area contributed by atoms with E-state index in [1.54, 1.807) is 13.0 Å². The van der Waals surface area contributed by atoms with Crippen molar-refractivity contribution < 1.29 is 19.0 Å². The first kappa shape index (κ1) is 15.3. The van der Waals surface area contributed by atoms with E-state index in [-0.39, 0.29) is 28.0 Å². The maximum Gasteiger partial charge on any atom is 0.362 e. The molecule has 1 N–H and O–H groups in total. The number of halogens is 2. The van der Waals surface area contributed by atoms with E-state index >= 15 is 0 Å². The van der Waals surface area contributed by atoms with Crippen LogP contribution >= 0.6 is 15.9 Å². The lowest BCUT2D eigenvalue weighted by Gasteiger charge is -2.02. The van der Waals surface area contributed by atoms with E-state index in [0.717, 1.165) is 7.11 Å². The first-order valence-electron chi connectivity index (χ1n) is 5.37. The van der Waals surface area contributed by atoms with Gasteiger partial charge in [0.25, 0.3) is 0 Å². The molecule has 0 spiro atoms. The number of methoxy groups -OCH3 is 1. The van der Waals surface area contributed by atoms with E-state index in [1.807, 2.05) is 0 Å². The van der Waals surface area contributed by atoms with Gasteiger partial charge in [-0.3, -0.25) is 0 Å². The molecule has 1 aromatic carbocycles. The average molecular weight is 331 g/mol. The summed E-state index contributed by atoms with van der Waals surface area (Å²) in [4.78, 5) is 11.4. The summed E-state index contributed by atoms with van der Waals surface area (Å²) in [5.74, 6) is -1.71. The number of aliphatic hydroxyl groups excluding tert-OH is 1. The highest BCUT2D eigenvalue weighted by molar-refractivity contribution is 9.10. The number of esters is 1. The number of ether oxygens (including phenoxy) is 1. The maximum absolute atomic E-state index is 13.6. The number of hydrogen-bond acceptors (Lipinski definition) is 5. The second-order valence-corrected chi connectivity index (χ2v) is 4.27. The Morgan fingerprint density at radius 3 is 2.79 bits per heavy atom. The molecule has 1 aromatic rings. The number of carbonyl (C=O) groups is 1. The lowest BCUT2D eigenvalue weighted by molar-refractivity contribution is -0.136. The van der Waals surface area contributed by atoms with Gasteiger partial charge in [0, 0.05) is 6.42 Å². The van der Waals surface area contributed by atoms with E-state index in [0.29, 0.717) is 0 Å². The van der Waals surface area contributed by atoms with Crippen molar-refractivity contribution in [3.8, 4) is 0 Å². The highest BCUT2D eigenvalue weighted by Gasteiger charge is 2.15. The molecule has 0 fully saturated rings. The summed E-state index contributed by atoms with van der Waals surface area (Å²) < 4.78 is 18.3. The number of benzene rings is 1. The number of allylic oxidation sites excluding steroid dienone is 1. The Hall–Kier alpha value is -1.76. The SMILES string of the molecule is CCC(O)=C(N=Nc1cccc(Br)c1F)C(=O)OC. The third kappa shape index (κ3) is 3.85. The molecule has 5 nitrogen and oxygen atoms in total. The van der Waals surface area contributed by atoms with Crippen molar-refractivity contribution in [2.24, 2.45) is 10.2 Å². The Labute approximate surface area is 117 Å². The Balaban J connectivity index is 3.13. The van der Waals surface area contributed by atoms with Crippen LogP contribution in [0.3, 0.4) is 0 Å². The van der Waals surface area contributed by atoms with Crippen molar-refractivity contribution >= 4 is 27.6 Å². The minimum Gasteiger partial charge on any atom is -0.510 e. The fourth-order valence-electron chi connectivity index (χ4n) is 1.15. The van der Waals surface area contributed by atoms with Crippen molar-refractivity contribution in [3.05, 3.63) is 39.9 Å². The van der Waals surface area contributed by atoms with E-state index < -0.39 is 11.8 Å². The molecule has 0 atom stereocenters. The molecule has 0 aliphatic carbocycles. The zero-order chi connectivity index (χ0) is 14.4. The smallest absolute Gasteiger partial charge is 0.362 e. The second-order valence-electron chi connectivity index (χ2n) is 3.41. The third-order valence-corrected chi connectivity index (χ3v) is 2.79. The van der Waals surface area contributed by atoms with Gasteiger partial charge in [0.15, 0.2) is 5.82 Å². The van der Waals surface area contributed by atoms with E-state index in [4.69, 9.17) is 0 Å². The summed E-state index contributed by atoms with van der Waals surface area (Å²) >= 11 is 3.01. The summed E-state index contributed by atoms with van der Waals surface area (Å²) in [7, 11) is 1.15. The average Bonchev–Trinajstić information content (AvgIpc) is 2.42. The maximum atomic E-state index is 13.6. The molecule has 0 aliphatic heterocycles. The third-order valence-electron chi connectivity index (χ3n) is 2.18. The number of hydrogen-bond donors (Lipinski definition) is 1. The van der Waals surface area contributed by atoms with Crippen LogP contribution in [0, 0.1) is 5.82 Å². The monoisotopic (exact) mass is 330 g/mol. The molecule has 0 radical (unpaired) electrons. The zero-order valence-corrected chi connectivity index (χ0v) is 11.9. The number of carbonyl (C=O) groups excluding carboxylic acids is 1. The van der Waals surface area contributed by atoms with Gasteiger partial charge in [0.1, 0.15) is 11.4 Å². The van der Waals surface area contributed by atoms with Gasteiger partial charge in [-0.1, -0.05) is 13.0 Å². The van der Waals surface area contributed by atoms with Gasteiger partial charge >= 0.3 is 5.97 Å². The van der Waals surface area contributed by atoms with Crippen LogP contribution in [-0.4, -0.2) is 18.2 Å². The van der Waals surface area contributed by atoms with Crippen LogP contribution in [0.2, 0.25) is 0 Å². The standard InChI is InChI=1S/C12H12BrFN2O3/c1-3-9(17)11(12(18)19-2)16-15-8-6-4-5-7(13)10(8)14/h4-6,17H,3H2,1-2H3. The molecule has 0 heterocycles. The first-order valence-corrected chi connectivity index (χ1v) is 6.16. The summed E-state index contributed by atoms with van der Waals surface area (Å²) in [5.41, 5.74) is -0.399. The van der Waals surface area contributed by atoms with Crippen LogP contribution in [-0.2, 0) is 9.53 Å². The molecule has 102 valence electrons. The number of nitrogens with zero attached hydrogens (tertiary/aromatic N) is 2. The Morgan fingerprint density at radius 2 is 2.21 bits per heavy atom. The highest BCUT2D eigenvalue weighted by Crippen LogP contribution is 2.26. The molecule has 0 aliphatic rings. The van der Waals surface area contributed by atoms with Gasteiger partial charge in [-0.25, -0.2) is 9.18 Å². The normalized spacial score (nSPS) is 12.4. The molecule has 0 saturated carbocycles. The lowest BCUT2D eigenvalue weighted by Crippen LogP contribution is -2.05. The van der Waals surface area contributed by atoms with Crippen LogP contribution in [0.4, 0.5) is 10.1 Å². The molecule has 0 unspecified atom stereocenters. The van der Waals surface area contributed by atoms with Gasteiger partial charge in [-0.2, -0.15) is 0 Å². The summed E-state index contributed by atoms with van der Waals surface area (Å²) in [6.45, 7) is 1.63. The van der Waals surface area contributed by atoms with Gasteiger partial charge in [-0.05, 0) is 28.1 Å². The summed E-state index contributed by atoms with van der Waals surface area (Å²) in [6.07, 6.45) is 0.185. The van der Waals surface area contributed by atoms with Crippen LogP contribution < -0.4 is 0 Å². The quantitative estimate of drug-likeness (QED) is 0.392. The van der Waals surface area contributed by atoms with Crippen molar-refractivity contribution in [2.45, 2.75) is 13.3 Å². The summed E-state index contributed by atoms with van der Waals surface area (Å²) in [6, 6.07) is 4.47. The largest absolute Gasteiger partial charge is 0.510 e. The number of azo groups is 1. The Morgan fingerprint density at radius 1 is 1.53 bits per heavy atom. The van der Waals surface area contributed by atoms with Crippen LogP contribution in [0.5, 0.6) is 0 Å². The molecule has 0 saturated heterocycles. The minimum atomic E-state index is -0.835. The van der Waals surface area contributed by atoms with Gasteiger partial charge in [0.05, 0.1) is 11.6 Å². The molecule has 0 amide bonds. The number of rotatable bonds is 4. The van der Waals surface area contributed by atoms with Crippen molar-refractivity contribution in [3.63, 3.8) is 0 Å². The predicted octanol–water partition coefficient (Wildman–Crippen LogP) is 4.02. The van der Waals surface area contributed by atoms with E-state index in [9.17, 15) is 14.3 Å². The van der Waals surface area contributed by atoms with E-state index in [1.165, 1.54) is 12.1 Å². The van der Waals surface area contributed by atoms with Crippen LogP contribution in [0.1, 0.15) is 13.3 Å². The highest BCUT2D eigenvalue weighted by atomic mass is 79.9. The molecular weight excluding hydrogens is 319 g/mol. The predicted molar refractivity (Wildman–Crippen MR) is 70.6 cm³/mol. The zero-order valence-electron chi connectivity index (χ0n) is 10.4. The molecule has 1 rings (SSSR count). The van der Waals surface area contributed by atoms with Crippen molar-refractivity contribution in [1.82, 2.24) is 0 Å². The molecule has 7 heteroatoms. The van der Waals surface area contributed by atoms with Gasteiger partial charge < -0.3 is 9.84 Å². The lowest BCUT2D eigenvalue weighted by atomic mass is 10.3. The number of aliphatic hydroxyl groups is 1. The van der Waals surface area contributed by atoms with Crippen molar-refractivity contribution in [1.29, 1.82) is 0 Å².